The summed E-state index contributed by atoms with van der Waals surface area (Å²) in [4.78, 5) is 18.3. The number of hydrogen-bond donors (Lipinski definition) is 0. The lowest BCUT2D eigenvalue weighted by atomic mass is 9.95. The highest BCUT2D eigenvalue weighted by atomic mass is 19.3. The van der Waals surface area contributed by atoms with Crippen LogP contribution in [-0.4, -0.2) is 32.0 Å². The van der Waals surface area contributed by atoms with Gasteiger partial charge in [-0.2, -0.15) is 8.78 Å². The van der Waals surface area contributed by atoms with Crippen molar-refractivity contribution in [2.24, 2.45) is 0 Å². The molecule has 0 aliphatic heterocycles. The smallest absolute Gasteiger partial charge is 0.319 e. The zero-order chi connectivity index (χ0) is 18.8. The summed E-state index contributed by atoms with van der Waals surface area (Å²) >= 11 is 0. The Morgan fingerprint density at radius 2 is 2.00 bits per heavy atom. The third kappa shape index (κ3) is 3.52. The fraction of sp³-hybridized carbons (Fsp3) is 0.579. The zero-order valence-corrected chi connectivity index (χ0v) is 15.6. The number of carbonyl (C=O) groups excluding carboxylic acids is 1. The summed E-state index contributed by atoms with van der Waals surface area (Å²) in [5, 5.41) is 0. The van der Waals surface area contributed by atoms with Gasteiger partial charge in [0.05, 0.1) is 12.1 Å². The SMILES string of the molecule is Cc1cc(C(=O)N(C)Cc2nccn2C(F)F)c(C)n1C1CCCCC1. The normalized spacial score (nSPS) is 15.6. The molecule has 1 fully saturated rings. The molecule has 7 heteroatoms. The lowest BCUT2D eigenvalue weighted by Gasteiger charge is -2.26. The molecule has 2 heterocycles. The van der Waals surface area contributed by atoms with Gasteiger partial charge in [-0.05, 0) is 32.8 Å². The van der Waals surface area contributed by atoms with Crippen LogP contribution >= 0.6 is 0 Å². The van der Waals surface area contributed by atoms with Crippen molar-refractivity contribution in [3.63, 3.8) is 0 Å². The van der Waals surface area contributed by atoms with Crippen LogP contribution in [0.3, 0.4) is 0 Å². The molecule has 142 valence electrons. The summed E-state index contributed by atoms with van der Waals surface area (Å²) in [6, 6.07) is 2.37. The van der Waals surface area contributed by atoms with Crippen LogP contribution in [0.1, 0.15) is 72.3 Å². The Hall–Kier alpha value is -2.18. The van der Waals surface area contributed by atoms with Crippen molar-refractivity contribution in [2.45, 2.75) is 65.1 Å². The Morgan fingerprint density at radius 1 is 1.31 bits per heavy atom. The molecule has 0 bridgehead atoms. The van der Waals surface area contributed by atoms with E-state index in [0.717, 1.165) is 28.8 Å². The molecule has 1 amide bonds. The summed E-state index contributed by atoms with van der Waals surface area (Å²) in [6.07, 6.45) is 8.57. The zero-order valence-electron chi connectivity index (χ0n) is 15.6. The minimum Gasteiger partial charge on any atom is -0.345 e. The molecule has 0 spiro atoms. The summed E-state index contributed by atoms with van der Waals surface area (Å²) in [7, 11) is 1.62. The number of imidazole rings is 1. The minimum atomic E-state index is -2.66. The predicted octanol–water partition coefficient (Wildman–Crippen LogP) is 4.47. The first-order valence-corrected chi connectivity index (χ1v) is 9.14. The van der Waals surface area contributed by atoms with Crippen LogP contribution < -0.4 is 0 Å². The molecular weight excluding hydrogens is 338 g/mol. The van der Waals surface area contributed by atoms with Gasteiger partial charge in [0.2, 0.25) is 0 Å². The van der Waals surface area contributed by atoms with Gasteiger partial charge >= 0.3 is 6.55 Å². The molecule has 0 saturated heterocycles. The van der Waals surface area contributed by atoms with Gasteiger partial charge in [-0.1, -0.05) is 19.3 Å². The van der Waals surface area contributed by atoms with E-state index in [9.17, 15) is 13.6 Å². The molecule has 1 aliphatic carbocycles. The quantitative estimate of drug-likeness (QED) is 0.785. The van der Waals surface area contributed by atoms with Crippen LogP contribution in [0, 0.1) is 13.8 Å². The van der Waals surface area contributed by atoms with Gasteiger partial charge in [0.25, 0.3) is 5.91 Å². The molecule has 0 atom stereocenters. The van der Waals surface area contributed by atoms with Gasteiger partial charge in [-0.3, -0.25) is 9.36 Å². The Balaban J connectivity index is 1.80. The van der Waals surface area contributed by atoms with E-state index in [-0.39, 0.29) is 18.3 Å². The molecule has 1 aliphatic rings. The second-order valence-electron chi connectivity index (χ2n) is 7.14. The first-order chi connectivity index (χ1) is 12.4. The predicted molar refractivity (Wildman–Crippen MR) is 95.3 cm³/mol. The van der Waals surface area contributed by atoms with Crippen LogP contribution in [0.25, 0.3) is 0 Å². The Bertz CT molecular complexity index is 775. The van der Waals surface area contributed by atoms with E-state index in [4.69, 9.17) is 0 Å². The van der Waals surface area contributed by atoms with Gasteiger partial charge in [0, 0.05) is 36.9 Å². The Morgan fingerprint density at radius 3 is 2.65 bits per heavy atom. The molecule has 0 radical (unpaired) electrons. The van der Waals surface area contributed by atoms with E-state index in [1.165, 1.54) is 36.6 Å². The second-order valence-corrected chi connectivity index (χ2v) is 7.14. The summed E-state index contributed by atoms with van der Waals surface area (Å²) in [5.41, 5.74) is 2.69. The molecule has 26 heavy (non-hydrogen) atoms. The minimum absolute atomic E-state index is 0.0449. The van der Waals surface area contributed by atoms with Crippen molar-refractivity contribution in [1.82, 2.24) is 19.0 Å². The van der Waals surface area contributed by atoms with E-state index < -0.39 is 6.55 Å². The van der Waals surface area contributed by atoms with Crippen molar-refractivity contribution in [3.8, 4) is 0 Å². The van der Waals surface area contributed by atoms with E-state index in [1.807, 2.05) is 19.9 Å². The topological polar surface area (TPSA) is 43.1 Å². The van der Waals surface area contributed by atoms with E-state index in [1.54, 1.807) is 7.05 Å². The monoisotopic (exact) mass is 364 g/mol. The third-order valence-electron chi connectivity index (χ3n) is 5.34. The average Bonchev–Trinajstić information content (AvgIpc) is 3.19. The van der Waals surface area contributed by atoms with E-state index in [2.05, 4.69) is 9.55 Å². The maximum atomic E-state index is 13.0. The molecular formula is C19H26F2N4O. The number of rotatable bonds is 5. The van der Waals surface area contributed by atoms with Gasteiger partial charge in [-0.25, -0.2) is 4.98 Å². The van der Waals surface area contributed by atoms with Crippen LogP contribution in [-0.2, 0) is 6.54 Å². The number of aromatic nitrogens is 3. The molecule has 3 rings (SSSR count). The number of hydrogen-bond acceptors (Lipinski definition) is 2. The van der Waals surface area contributed by atoms with Crippen LogP contribution in [0.2, 0.25) is 0 Å². The van der Waals surface area contributed by atoms with Crippen molar-refractivity contribution in [1.29, 1.82) is 0 Å². The Labute approximate surface area is 152 Å². The van der Waals surface area contributed by atoms with Gasteiger partial charge < -0.3 is 9.47 Å². The first-order valence-electron chi connectivity index (χ1n) is 9.14. The molecule has 5 nitrogen and oxygen atoms in total. The molecule has 0 unspecified atom stereocenters. The lowest BCUT2D eigenvalue weighted by molar-refractivity contribution is 0.0612. The van der Waals surface area contributed by atoms with Gasteiger partial charge in [-0.15, -0.1) is 0 Å². The molecule has 0 N–H and O–H groups in total. The van der Waals surface area contributed by atoms with Gasteiger partial charge in [0.15, 0.2) is 0 Å². The standard InChI is InChI=1S/C19H26F2N4O/c1-13-11-16(14(2)25(13)15-7-5-4-6-8-15)18(26)23(3)12-17-22-9-10-24(17)19(20)21/h9-11,15,19H,4-8,12H2,1-3H3. The highest BCUT2D eigenvalue weighted by Crippen LogP contribution is 2.32. The first kappa shape index (κ1) is 18.6. The van der Waals surface area contributed by atoms with Crippen LogP contribution in [0.15, 0.2) is 18.5 Å². The fourth-order valence-corrected chi connectivity index (χ4v) is 4.03. The highest BCUT2D eigenvalue weighted by Gasteiger charge is 2.25. The second kappa shape index (κ2) is 7.60. The van der Waals surface area contributed by atoms with Crippen molar-refractivity contribution in [3.05, 3.63) is 41.2 Å². The lowest BCUT2D eigenvalue weighted by Crippen LogP contribution is -2.28. The molecule has 0 aromatic carbocycles. The van der Waals surface area contributed by atoms with Crippen LogP contribution in [0.5, 0.6) is 0 Å². The summed E-state index contributed by atoms with van der Waals surface area (Å²) in [5.74, 6) is 0.0147. The number of aryl methyl sites for hydroxylation is 1. The number of amides is 1. The van der Waals surface area contributed by atoms with Crippen molar-refractivity contribution < 1.29 is 13.6 Å². The van der Waals surface area contributed by atoms with E-state index >= 15 is 0 Å². The van der Waals surface area contributed by atoms with Crippen molar-refractivity contribution in [2.75, 3.05) is 7.05 Å². The van der Waals surface area contributed by atoms with E-state index in [0.29, 0.717) is 11.6 Å². The maximum absolute atomic E-state index is 13.0. The number of carbonyl (C=O) groups is 1. The number of nitrogens with zero attached hydrogens (tertiary/aromatic N) is 4. The number of halogens is 2. The average molecular weight is 364 g/mol. The molecule has 1 saturated carbocycles. The highest BCUT2D eigenvalue weighted by molar-refractivity contribution is 5.95. The molecule has 2 aromatic heterocycles. The Kier molecular flexibility index (Phi) is 5.44. The van der Waals surface area contributed by atoms with Crippen molar-refractivity contribution >= 4 is 5.91 Å². The summed E-state index contributed by atoms with van der Waals surface area (Å²) < 4.78 is 29.0. The maximum Gasteiger partial charge on any atom is 0.319 e. The third-order valence-corrected chi connectivity index (χ3v) is 5.34. The largest absolute Gasteiger partial charge is 0.345 e. The molecule has 2 aromatic rings. The fourth-order valence-electron chi connectivity index (χ4n) is 4.03. The summed E-state index contributed by atoms with van der Waals surface area (Å²) in [6.45, 7) is 1.39. The number of alkyl halides is 2. The van der Waals surface area contributed by atoms with Gasteiger partial charge in [0.1, 0.15) is 5.82 Å². The van der Waals surface area contributed by atoms with Crippen LogP contribution in [0.4, 0.5) is 8.78 Å².